The van der Waals surface area contributed by atoms with Crippen LogP contribution in [0.5, 0.6) is 0 Å². The molecule has 0 saturated carbocycles. The van der Waals surface area contributed by atoms with E-state index in [4.69, 9.17) is 0 Å². The van der Waals surface area contributed by atoms with Gasteiger partial charge in [0, 0.05) is 25.1 Å². The normalized spacial score (nSPS) is 10.9. The number of amides is 1. The lowest BCUT2D eigenvalue weighted by Crippen LogP contribution is -2.23. The van der Waals surface area contributed by atoms with Gasteiger partial charge in [-0.25, -0.2) is 4.98 Å². The highest BCUT2D eigenvalue weighted by atomic mass is 32.2. The third kappa shape index (κ3) is 3.91. The maximum atomic E-state index is 12.2. The third-order valence-electron chi connectivity index (χ3n) is 3.66. The molecular weight excluding hydrogens is 354 g/mol. The van der Waals surface area contributed by atoms with E-state index in [1.807, 2.05) is 43.0 Å². The summed E-state index contributed by atoms with van der Waals surface area (Å²) in [7, 11) is 1.91. The van der Waals surface area contributed by atoms with E-state index >= 15 is 0 Å². The fourth-order valence-electron chi connectivity index (χ4n) is 2.47. The van der Waals surface area contributed by atoms with E-state index in [2.05, 4.69) is 21.2 Å². The van der Waals surface area contributed by atoms with Crippen LogP contribution in [0.3, 0.4) is 0 Å². The van der Waals surface area contributed by atoms with Gasteiger partial charge in [-0.1, -0.05) is 29.5 Å². The Bertz CT molecular complexity index is 902. The molecule has 0 aliphatic rings. The Kier molecular flexibility index (Phi) is 5.19. The average Bonchev–Trinajstić information content (AvgIpc) is 3.16. The Balaban J connectivity index is 1.82. The van der Waals surface area contributed by atoms with Gasteiger partial charge in [-0.15, -0.1) is 21.5 Å². The summed E-state index contributed by atoms with van der Waals surface area (Å²) < 4.78 is 1.87. The number of carbonyl (C=O) groups excluding carboxylic acids is 1. The predicted molar refractivity (Wildman–Crippen MR) is 101 cm³/mol. The number of carbonyl (C=O) groups is 1. The van der Waals surface area contributed by atoms with E-state index < -0.39 is 0 Å². The lowest BCUT2D eigenvalue weighted by molar-refractivity contribution is -0.115. The molecule has 2 heterocycles. The minimum Gasteiger partial charge on any atom is -0.312 e. The summed E-state index contributed by atoms with van der Waals surface area (Å²) in [5.74, 6) is 0.635. The lowest BCUT2D eigenvalue weighted by Gasteiger charge is -2.20. The number of hydrogen-bond acceptors (Lipinski definition) is 6. The summed E-state index contributed by atoms with van der Waals surface area (Å²) in [5.41, 5.74) is 4.02. The molecule has 0 N–H and O–H groups in total. The first-order chi connectivity index (χ1) is 12.0. The molecule has 0 bridgehead atoms. The topological polar surface area (TPSA) is 63.9 Å². The van der Waals surface area contributed by atoms with Gasteiger partial charge >= 0.3 is 0 Å². The second kappa shape index (κ2) is 7.37. The molecule has 2 aromatic heterocycles. The Hall–Kier alpha value is -2.19. The van der Waals surface area contributed by atoms with Gasteiger partial charge in [0.05, 0.1) is 11.4 Å². The van der Waals surface area contributed by atoms with Crippen molar-refractivity contribution in [1.29, 1.82) is 0 Å². The first-order valence-electron chi connectivity index (χ1n) is 7.75. The second-order valence-electron chi connectivity index (χ2n) is 5.78. The van der Waals surface area contributed by atoms with Crippen LogP contribution in [0.1, 0.15) is 23.7 Å². The number of rotatable bonds is 5. The van der Waals surface area contributed by atoms with Gasteiger partial charge in [-0.3, -0.25) is 9.69 Å². The van der Waals surface area contributed by atoms with Crippen LogP contribution >= 0.6 is 23.1 Å². The van der Waals surface area contributed by atoms with E-state index in [9.17, 15) is 4.79 Å². The molecule has 3 rings (SSSR count). The summed E-state index contributed by atoms with van der Waals surface area (Å²) in [6.07, 6.45) is 1.67. The zero-order valence-electron chi connectivity index (χ0n) is 14.6. The van der Waals surface area contributed by atoms with Crippen molar-refractivity contribution in [3.05, 3.63) is 46.7 Å². The molecular formula is C17H19N5OS2. The molecule has 3 aromatic rings. The minimum absolute atomic E-state index is 0.0474. The number of thioether (sulfide) groups is 1. The molecule has 6 nitrogen and oxygen atoms in total. The Morgan fingerprint density at radius 1 is 1.36 bits per heavy atom. The first-order valence-corrected chi connectivity index (χ1v) is 9.61. The molecule has 1 amide bonds. The van der Waals surface area contributed by atoms with Crippen LogP contribution in [-0.4, -0.2) is 25.7 Å². The van der Waals surface area contributed by atoms with E-state index in [0.29, 0.717) is 10.9 Å². The van der Waals surface area contributed by atoms with Crippen LogP contribution in [0.15, 0.2) is 35.1 Å². The monoisotopic (exact) mass is 373 g/mol. The number of benzene rings is 1. The first kappa shape index (κ1) is 17.6. The van der Waals surface area contributed by atoms with Gasteiger partial charge in [0.1, 0.15) is 6.33 Å². The number of aromatic nitrogens is 4. The molecule has 0 aliphatic heterocycles. The molecule has 130 valence electrons. The van der Waals surface area contributed by atoms with E-state index in [0.717, 1.165) is 22.1 Å². The maximum absolute atomic E-state index is 12.2. The van der Waals surface area contributed by atoms with Crippen LogP contribution in [0, 0.1) is 13.8 Å². The average molecular weight is 374 g/mol. The van der Waals surface area contributed by atoms with Crippen molar-refractivity contribution in [3.63, 3.8) is 0 Å². The molecule has 0 fully saturated rings. The van der Waals surface area contributed by atoms with E-state index in [-0.39, 0.29) is 5.91 Å². The second-order valence-corrected chi connectivity index (χ2v) is 7.56. The molecule has 25 heavy (non-hydrogen) atoms. The summed E-state index contributed by atoms with van der Waals surface area (Å²) >= 11 is 3.04. The van der Waals surface area contributed by atoms with Crippen molar-refractivity contribution in [3.8, 4) is 0 Å². The van der Waals surface area contributed by atoms with Crippen LogP contribution in [0.25, 0.3) is 0 Å². The number of anilines is 2. The molecule has 0 saturated heterocycles. The quantitative estimate of drug-likeness (QED) is 0.635. The highest BCUT2D eigenvalue weighted by molar-refractivity contribution is 7.98. The van der Waals surface area contributed by atoms with Crippen molar-refractivity contribution in [1.82, 2.24) is 19.7 Å². The third-order valence-corrected chi connectivity index (χ3v) is 5.60. The summed E-state index contributed by atoms with van der Waals surface area (Å²) in [4.78, 5) is 18.6. The van der Waals surface area contributed by atoms with Crippen LogP contribution in [0.4, 0.5) is 10.8 Å². The number of thiazole rings is 1. The van der Waals surface area contributed by atoms with Gasteiger partial charge < -0.3 is 4.57 Å². The number of hydrogen-bond donors (Lipinski definition) is 0. The predicted octanol–water partition coefficient (Wildman–Crippen LogP) is 3.87. The molecule has 0 unspecified atom stereocenters. The SMILES string of the molecule is CC(=O)N(c1nc(CSc2nncn2C)cs1)c1ccc(C)cc1C. The minimum atomic E-state index is -0.0474. The largest absolute Gasteiger partial charge is 0.312 e. The standard InChI is InChI=1S/C17H19N5OS2/c1-11-5-6-15(12(2)7-11)22(13(3)23)16-19-14(8-24-16)9-25-17-20-18-10-21(17)4/h5-8,10H,9H2,1-4H3. The van der Waals surface area contributed by atoms with Gasteiger partial charge in [0.15, 0.2) is 10.3 Å². The van der Waals surface area contributed by atoms with Crippen LogP contribution < -0.4 is 4.90 Å². The Labute approximate surface area is 154 Å². The van der Waals surface area contributed by atoms with Gasteiger partial charge in [0.25, 0.3) is 0 Å². The zero-order valence-corrected chi connectivity index (χ0v) is 16.2. The summed E-state index contributed by atoms with van der Waals surface area (Å²) in [6.45, 7) is 5.62. The lowest BCUT2D eigenvalue weighted by atomic mass is 10.1. The smallest absolute Gasteiger partial charge is 0.230 e. The van der Waals surface area contributed by atoms with Crippen molar-refractivity contribution in [2.45, 2.75) is 31.7 Å². The van der Waals surface area contributed by atoms with Gasteiger partial charge in [-0.05, 0) is 25.5 Å². The highest BCUT2D eigenvalue weighted by Crippen LogP contribution is 2.33. The zero-order chi connectivity index (χ0) is 18.0. The Morgan fingerprint density at radius 3 is 2.80 bits per heavy atom. The van der Waals surface area contributed by atoms with Crippen LogP contribution in [-0.2, 0) is 17.6 Å². The van der Waals surface area contributed by atoms with Crippen molar-refractivity contribution >= 4 is 39.8 Å². The summed E-state index contributed by atoms with van der Waals surface area (Å²) in [6, 6.07) is 6.06. The molecule has 0 spiro atoms. The molecule has 0 atom stereocenters. The molecule has 0 aliphatic carbocycles. The fraction of sp³-hybridized carbons (Fsp3) is 0.294. The summed E-state index contributed by atoms with van der Waals surface area (Å²) in [5, 5.41) is 11.4. The molecule has 1 aromatic carbocycles. The highest BCUT2D eigenvalue weighted by Gasteiger charge is 2.20. The van der Waals surface area contributed by atoms with Gasteiger partial charge in [0.2, 0.25) is 5.91 Å². The Morgan fingerprint density at radius 2 is 2.16 bits per heavy atom. The van der Waals surface area contributed by atoms with E-state index in [1.165, 1.54) is 16.9 Å². The number of nitrogens with zero attached hydrogens (tertiary/aromatic N) is 5. The maximum Gasteiger partial charge on any atom is 0.230 e. The van der Waals surface area contributed by atoms with Crippen molar-refractivity contribution in [2.75, 3.05) is 4.90 Å². The fourth-order valence-corrected chi connectivity index (χ4v) is 4.24. The molecule has 8 heteroatoms. The molecule has 0 radical (unpaired) electrons. The van der Waals surface area contributed by atoms with Crippen molar-refractivity contribution in [2.24, 2.45) is 7.05 Å². The van der Waals surface area contributed by atoms with Gasteiger partial charge in [-0.2, -0.15) is 0 Å². The van der Waals surface area contributed by atoms with Crippen LogP contribution in [0.2, 0.25) is 0 Å². The van der Waals surface area contributed by atoms with Crippen molar-refractivity contribution < 1.29 is 4.79 Å². The van der Waals surface area contributed by atoms with E-state index in [1.54, 1.807) is 29.9 Å². The number of aryl methyl sites for hydroxylation is 3.